The third-order valence-corrected chi connectivity index (χ3v) is 4.58. The van der Waals surface area contributed by atoms with E-state index in [-0.39, 0.29) is 15.5 Å². The van der Waals surface area contributed by atoms with Gasteiger partial charge in [0.25, 0.3) is 0 Å². The van der Waals surface area contributed by atoms with Crippen LogP contribution in [-0.4, -0.2) is 16.8 Å². The quantitative estimate of drug-likeness (QED) is 0.851. The second kappa shape index (κ2) is 5.23. The molecule has 0 amide bonds. The predicted octanol–water partition coefficient (Wildman–Crippen LogP) is 1.10. The fourth-order valence-corrected chi connectivity index (χ4v) is 2.91. The van der Waals surface area contributed by atoms with Crippen molar-refractivity contribution in [1.82, 2.24) is 0 Å². The maximum atomic E-state index is 11.9. The zero-order valence-corrected chi connectivity index (χ0v) is 11.8. The SMILES string of the molecule is NS(=O)(=O)c1ccc(OS(=O)(=O)c2ccccc2)cc1. The lowest BCUT2D eigenvalue weighted by molar-refractivity contribution is 0.486. The average molecular weight is 313 g/mol. The third kappa shape index (κ3) is 3.35. The molecule has 20 heavy (non-hydrogen) atoms. The van der Waals surface area contributed by atoms with E-state index in [1.54, 1.807) is 18.2 Å². The van der Waals surface area contributed by atoms with Gasteiger partial charge in [0.2, 0.25) is 10.0 Å². The maximum absolute atomic E-state index is 11.9. The molecule has 0 aliphatic carbocycles. The molecule has 8 heteroatoms. The van der Waals surface area contributed by atoms with E-state index in [1.807, 2.05) is 0 Å². The van der Waals surface area contributed by atoms with Crippen LogP contribution in [0.15, 0.2) is 64.4 Å². The van der Waals surface area contributed by atoms with Crippen molar-refractivity contribution in [3.63, 3.8) is 0 Å². The molecule has 0 heterocycles. The summed E-state index contributed by atoms with van der Waals surface area (Å²) in [5.41, 5.74) is 0. The monoisotopic (exact) mass is 313 g/mol. The molecule has 6 nitrogen and oxygen atoms in total. The maximum Gasteiger partial charge on any atom is 0.339 e. The molecular weight excluding hydrogens is 302 g/mol. The van der Waals surface area contributed by atoms with Gasteiger partial charge in [-0.1, -0.05) is 18.2 Å². The molecule has 0 bridgehead atoms. The van der Waals surface area contributed by atoms with Gasteiger partial charge in [-0.2, -0.15) is 8.42 Å². The first-order valence-electron chi connectivity index (χ1n) is 5.41. The summed E-state index contributed by atoms with van der Waals surface area (Å²) in [5, 5.41) is 4.94. The number of rotatable bonds is 4. The number of primary sulfonamides is 1. The second-order valence-corrected chi connectivity index (χ2v) is 6.97. The van der Waals surface area contributed by atoms with Crippen LogP contribution in [-0.2, 0) is 20.1 Å². The van der Waals surface area contributed by atoms with E-state index in [2.05, 4.69) is 0 Å². The highest BCUT2D eigenvalue weighted by atomic mass is 32.2. The molecule has 0 spiro atoms. The van der Waals surface area contributed by atoms with Gasteiger partial charge >= 0.3 is 10.1 Å². The molecule has 2 N–H and O–H groups in total. The van der Waals surface area contributed by atoms with Gasteiger partial charge in [-0.3, -0.25) is 0 Å². The molecule has 0 aromatic heterocycles. The van der Waals surface area contributed by atoms with Crippen LogP contribution in [0.4, 0.5) is 0 Å². The highest BCUT2D eigenvalue weighted by molar-refractivity contribution is 7.89. The standard InChI is InChI=1S/C12H11NO5S2/c13-19(14,15)11-8-6-10(7-9-11)18-20(16,17)12-4-2-1-3-5-12/h1-9H,(H2,13,14,15). The molecule has 0 radical (unpaired) electrons. The number of benzene rings is 2. The van der Waals surface area contributed by atoms with E-state index in [1.165, 1.54) is 36.4 Å². The van der Waals surface area contributed by atoms with Crippen LogP contribution in [0.25, 0.3) is 0 Å². The lowest BCUT2D eigenvalue weighted by Gasteiger charge is -2.07. The molecule has 0 aliphatic rings. The second-order valence-electron chi connectivity index (χ2n) is 3.87. The molecule has 0 saturated carbocycles. The lowest BCUT2D eigenvalue weighted by Crippen LogP contribution is -2.12. The molecule has 0 fully saturated rings. The first-order chi connectivity index (χ1) is 9.29. The Balaban J connectivity index is 2.27. The van der Waals surface area contributed by atoms with Crippen molar-refractivity contribution in [3.05, 3.63) is 54.6 Å². The molecule has 0 aliphatic heterocycles. The summed E-state index contributed by atoms with van der Waals surface area (Å²) in [4.78, 5) is -0.113. The lowest BCUT2D eigenvalue weighted by atomic mass is 10.3. The topological polar surface area (TPSA) is 104 Å². The van der Waals surface area contributed by atoms with E-state index in [9.17, 15) is 16.8 Å². The van der Waals surface area contributed by atoms with Crippen molar-refractivity contribution < 1.29 is 21.0 Å². The number of sulfonamides is 1. The highest BCUT2D eigenvalue weighted by Gasteiger charge is 2.16. The van der Waals surface area contributed by atoms with Crippen molar-refractivity contribution in [2.24, 2.45) is 5.14 Å². The molecule has 0 unspecified atom stereocenters. The van der Waals surface area contributed by atoms with Gasteiger partial charge in [-0.15, -0.1) is 0 Å². The first kappa shape index (κ1) is 14.5. The zero-order valence-electron chi connectivity index (χ0n) is 10.1. The normalized spacial score (nSPS) is 12.1. The summed E-state index contributed by atoms with van der Waals surface area (Å²) in [7, 11) is -7.76. The summed E-state index contributed by atoms with van der Waals surface area (Å²) in [6, 6.07) is 12.4. The third-order valence-electron chi connectivity index (χ3n) is 2.39. The first-order valence-corrected chi connectivity index (χ1v) is 8.37. The van der Waals surface area contributed by atoms with Gasteiger partial charge < -0.3 is 4.18 Å². The van der Waals surface area contributed by atoms with E-state index in [4.69, 9.17) is 9.32 Å². The van der Waals surface area contributed by atoms with Crippen molar-refractivity contribution >= 4 is 20.1 Å². The van der Waals surface area contributed by atoms with Crippen LogP contribution in [0.3, 0.4) is 0 Å². The fourth-order valence-electron chi connectivity index (χ4n) is 1.45. The zero-order chi connectivity index (χ0) is 14.8. The summed E-state index contributed by atoms with van der Waals surface area (Å²) in [6.45, 7) is 0. The van der Waals surface area contributed by atoms with E-state index < -0.39 is 20.1 Å². The van der Waals surface area contributed by atoms with Crippen molar-refractivity contribution in [2.75, 3.05) is 0 Å². The van der Waals surface area contributed by atoms with E-state index in [0.29, 0.717) is 0 Å². The largest absolute Gasteiger partial charge is 0.379 e. The van der Waals surface area contributed by atoms with E-state index >= 15 is 0 Å². The molecule has 0 atom stereocenters. The summed E-state index contributed by atoms with van der Waals surface area (Å²) in [6.07, 6.45) is 0. The number of nitrogens with two attached hydrogens (primary N) is 1. The Bertz CT molecular complexity index is 797. The van der Waals surface area contributed by atoms with Crippen molar-refractivity contribution in [1.29, 1.82) is 0 Å². The van der Waals surface area contributed by atoms with Crippen molar-refractivity contribution in [3.8, 4) is 5.75 Å². The van der Waals surface area contributed by atoms with Gasteiger partial charge in [0.05, 0.1) is 4.90 Å². The van der Waals surface area contributed by atoms with Gasteiger partial charge in [0.15, 0.2) is 0 Å². The smallest absolute Gasteiger partial charge is 0.339 e. The van der Waals surface area contributed by atoms with Crippen molar-refractivity contribution in [2.45, 2.75) is 9.79 Å². The van der Waals surface area contributed by atoms with Crippen LogP contribution < -0.4 is 9.32 Å². The average Bonchev–Trinajstić information content (AvgIpc) is 2.39. The summed E-state index contributed by atoms with van der Waals surface area (Å²) >= 11 is 0. The number of hydrogen-bond donors (Lipinski definition) is 1. The Labute approximate surface area is 117 Å². The van der Waals surface area contributed by atoms with Gasteiger partial charge in [0, 0.05) is 0 Å². The molecule has 2 aromatic carbocycles. The minimum atomic E-state index is -3.94. The molecule has 2 rings (SSSR count). The van der Waals surface area contributed by atoms with E-state index in [0.717, 1.165) is 0 Å². The van der Waals surface area contributed by atoms with Crippen LogP contribution in [0.1, 0.15) is 0 Å². The minimum absolute atomic E-state index is 0.00116. The fraction of sp³-hybridized carbons (Fsp3) is 0. The minimum Gasteiger partial charge on any atom is -0.379 e. The van der Waals surface area contributed by atoms with Crippen LogP contribution in [0, 0.1) is 0 Å². The Morgan fingerprint density at radius 1 is 0.750 bits per heavy atom. The van der Waals surface area contributed by atoms with Crippen LogP contribution >= 0.6 is 0 Å². The molecule has 0 saturated heterocycles. The highest BCUT2D eigenvalue weighted by Crippen LogP contribution is 2.20. The number of hydrogen-bond acceptors (Lipinski definition) is 5. The molecule has 106 valence electrons. The van der Waals surface area contributed by atoms with Crippen LogP contribution in [0.2, 0.25) is 0 Å². The Kier molecular flexibility index (Phi) is 3.80. The Morgan fingerprint density at radius 2 is 1.30 bits per heavy atom. The summed E-state index contributed by atoms with van der Waals surface area (Å²) < 4.78 is 50.9. The van der Waals surface area contributed by atoms with Gasteiger partial charge in [0.1, 0.15) is 10.6 Å². The summed E-state index contributed by atoms with van der Waals surface area (Å²) in [5.74, 6) is 0.00116. The van der Waals surface area contributed by atoms with Crippen LogP contribution in [0.5, 0.6) is 5.75 Å². The molecule has 2 aromatic rings. The predicted molar refractivity (Wildman–Crippen MR) is 72.1 cm³/mol. The van der Waals surface area contributed by atoms with Gasteiger partial charge in [-0.05, 0) is 36.4 Å². The Hall–Kier alpha value is -1.90. The molecular formula is C12H11NO5S2. The van der Waals surface area contributed by atoms with Gasteiger partial charge in [-0.25, -0.2) is 13.6 Å². The Morgan fingerprint density at radius 3 is 1.80 bits per heavy atom.